The zero-order valence-electron chi connectivity index (χ0n) is 39.8. The van der Waals surface area contributed by atoms with Crippen LogP contribution in [0.15, 0.2) is 273 Å². The van der Waals surface area contributed by atoms with Gasteiger partial charge in [-0.2, -0.15) is 0 Å². The van der Waals surface area contributed by atoms with Crippen molar-refractivity contribution >= 4 is 32.3 Å². The zero-order valence-corrected chi connectivity index (χ0v) is 39.8. The Morgan fingerprint density at radius 3 is 1.42 bits per heavy atom. The molecule has 0 saturated heterocycles. The summed E-state index contributed by atoms with van der Waals surface area (Å²) in [5.41, 5.74) is 16.4. The first-order valence-electron chi connectivity index (χ1n) is 25.0. The maximum Gasteiger partial charge on any atom is 0.164 e. The number of rotatable bonds is 8. The molecular formula is C70H45N3. The molecule has 1 aliphatic rings. The predicted molar refractivity (Wildman–Crippen MR) is 302 cm³/mol. The highest BCUT2D eigenvalue weighted by atomic mass is 15.0. The normalized spacial score (nSPS) is 12.5. The summed E-state index contributed by atoms with van der Waals surface area (Å²) >= 11 is 0. The quantitative estimate of drug-likeness (QED) is 0.113. The molecular weight excluding hydrogens is 883 g/mol. The second kappa shape index (κ2) is 17.4. The molecule has 1 heterocycles. The van der Waals surface area contributed by atoms with Crippen LogP contribution in [-0.2, 0) is 5.41 Å². The van der Waals surface area contributed by atoms with E-state index in [2.05, 4.69) is 273 Å². The molecule has 340 valence electrons. The van der Waals surface area contributed by atoms with Crippen LogP contribution in [0.2, 0.25) is 0 Å². The van der Waals surface area contributed by atoms with Crippen molar-refractivity contribution in [2.24, 2.45) is 0 Å². The molecule has 13 aromatic rings. The van der Waals surface area contributed by atoms with Gasteiger partial charge >= 0.3 is 0 Å². The number of aromatic nitrogens is 3. The van der Waals surface area contributed by atoms with Crippen LogP contribution in [0.25, 0.3) is 111 Å². The fourth-order valence-corrected chi connectivity index (χ4v) is 11.7. The fourth-order valence-electron chi connectivity index (χ4n) is 11.7. The average molecular weight is 928 g/mol. The van der Waals surface area contributed by atoms with E-state index in [9.17, 15) is 0 Å². The lowest BCUT2D eigenvalue weighted by Gasteiger charge is -2.34. The van der Waals surface area contributed by atoms with Gasteiger partial charge in [-0.1, -0.05) is 261 Å². The van der Waals surface area contributed by atoms with Crippen LogP contribution in [0.3, 0.4) is 0 Å². The van der Waals surface area contributed by atoms with Crippen molar-refractivity contribution in [2.75, 3.05) is 0 Å². The van der Waals surface area contributed by atoms with Crippen LogP contribution < -0.4 is 0 Å². The SMILES string of the molecule is c1ccc(-c2ccccc2-c2nc(-c3ccc(-c4ccc(-c5c6ccccc6cc6c5ccc5ccccc56)cc4)cc3)nc(-c3ccc4c(c3)C(c3ccccc3)(c3ccccc3)c3ccccc3-4)n2)cc1. The first kappa shape index (κ1) is 42.3. The monoisotopic (exact) mass is 927 g/mol. The van der Waals surface area contributed by atoms with Crippen molar-refractivity contribution in [2.45, 2.75) is 5.41 Å². The minimum Gasteiger partial charge on any atom is -0.208 e. The van der Waals surface area contributed by atoms with Crippen molar-refractivity contribution in [3.8, 4) is 78.7 Å². The van der Waals surface area contributed by atoms with E-state index in [0.717, 1.165) is 38.9 Å². The van der Waals surface area contributed by atoms with Crippen molar-refractivity contribution < 1.29 is 0 Å². The molecule has 0 unspecified atom stereocenters. The Bertz CT molecular complexity index is 4180. The van der Waals surface area contributed by atoms with Crippen molar-refractivity contribution in [1.82, 2.24) is 15.0 Å². The maximum atomic E-state index is 5.38. The van der Waals surface area contributed by atoms with Gasteiger partial charge in [-0.05, 0) is 111 Å². The fraction of sp³-hybridized carbons (Fsp3) is 0.0143. The third-order valence-corrected chi connectivity index (χ3v) is 15.0. The Balaban J connectivity index is 0.893. The van der Waals surface area contributed by atoms with E-state index < -0.39 is 5.41 Å². The third-order valence-electron chi connectivity index (χ3n) is 15.0. The molecule has 0 aliphatic heterocycles. The van der Waals surface area contributed by atoms with Gasteiger partial charge in [0.15, 0.2) is 17.5 Å². The average Bonchev–Trinajstić information content (AvgIpc) is 3.78. The first-order valence-corrected chi connectivity index (χ1v) is 25.0. The number of hydrogen-bond acceptors (Lipinski definition) is 3. The van der Waals surface area contributed by atoms with E-state index >= 15 is 0 Å². The first-order chi connectivity index (χ1) is 36.2. The van der Waals surface area contributed by atoms with E-state index in [-0.39, 0.29) is 0 Å². The van der Waals surface area contributed by atoms with Gasteiger partial charge in [0.2, 0.25) is 0 Å². The second-order valence-electron chi connectivity index (χ2n) is 19.0. The lowest BCUT2D eigenvalue weighted by atomic mass is 9.67. The molecule has 0 bridgehead atoms. The summed E-state index contributed by atoms with van der Waals surface area (Å²) in [6.07, 6.45) is 0. The van der Waals surface area contributed by atoms with Crippen LogP contribution in [0, 0.1) is 0 Å². The van der Waals surface area contributed by atoms with Crippen molar-refractivity contribution in [1.29, 1.82) is 0 Å². The highest BCUT2D eigenvalue weighted by molar-refractivity contribution is 6.20. The lowest BCUT2D eigenvalue weighted by Crippen LogP contribution is -2.28. The summed E-state index contributed by atoms with van der Waals surface area (Å²) in [4.78, 5) is 16.1. The Labute approximate surface area is 424 Å². The van der Waals surface area contributed by atoms with Gasteiger partial charge in [-0.15, -0.1) is 0 Å². The van der Waals surface area contributed by atoms with Crippen LogP contribution in [0.5, 0.6) is 0 Å². The summed E-state index contributed by atoms with van der Waals surface area (Å²) in [5, 5.41) is 7.54. The van der Waals surface area contributed by atoms with Crippen molar-refractivity contribution in [3.05, 3.63) is 295 Å². The topological polar surface area (TPSA) is 38.7 Å². The Kier molecular flexibility index (Phi) is 10.1. The molecule has 73 heavy (non-hydrogen) atoms. The predicted octanol–water partition coefficient (Wildman–Crippen LogP) is 17.7. The molecule has 0 saturated carbocycles. The van der Waals surface area contributed by atoms with Gasteiger partial charge in [0.05, 0.1) is 5.41 Å². The highest BCUT2D eigenvalue weighted by Gasteiger charge is 2.46. The smallest absolute Gasteiger partial charge is 0.164 e. The minimum atomic E-state index is -0.561. The molecule has 0 N–H and O–H groups in total. The molecule has 0 radical (unpaired) electrons. The summed E-state index contributed by atoms with van der Waals surface area (Å²) in [6.45, 7) is 0. The van der Waals surface area contributed by atoms with E-state index in [1.54, 1.807) is 0 Å². The molecule has 0 spiro atoms. The van der Waals surface area contributed by atoms with Gasteiger partial charge in [0.25, 0.3) is 0 Å². The van der Waals surface area contributed by atoms with Gasteiger partial charge in [0, 0.05) is 16.7 Å². The van der Waals surface area contributed by atoms with Gasteiger partial charge in [-0.3, -0.25) is 0 Å². The molecule has 3 heteroatoms. The van der Waals surface area contributed by atoms with E-state index in [1.165, 1.54) is 76.8 Å². The molecule has 1 aliphatic carbocycles. The minimum absolute atomic E-state index is 0.561. The van der Waals surface area contributed by atoms with Gasteiger partial charge in [-0.25, -0.2) is 15.0 Å². The summed E-state index contributed by atoms with van der Waals surface area (Å²) in [5.74, 6) is 1.85. The second-order valence-corrected chi connectivity index (χ2v) is 19.0. The van der Waals surface area contributed by atoms with Crippen LogP contribution in [0.1, 0.15) is 22.3 Å². The van der Waals surface area contributed by atoms with Gasteiger partial charge < -0.3 is 0 Å². The molecule has 14 rings (SSSR count). The Morgan fingerprint density at radius 1 is 0.233 bits per heavy atom. The number of nitrogens with zero attached hydrogens (tertiary/aromatic N) is 3. The molecule has 1 aromatic heterocycles. The molecule has 0 amide bonds. The van der Waals surface area contributed by atoms with E-state index in [1.807, 2.05) is 0 Å². The van der Waals surface area contributed by atoms with Crippen molar-refractivity contribution in [3.63, 3.8) is 0 Å². The molecule has 12 aromatic carbocycles. The molecule has 3 nitrogen and oxygen atoms in total. The number of fused-ring (bicyclic) bond motifs is 7. The van der Waals surface area contributed by atoms with Crippen LogP contribution >= 0.6 is 0 Å². The number of hydrogen-bond donors (Lipinski definition) is 0. The molecule has 0 atom stereocenters. The standard InChI is InChI=1S/C70H45N3/c1-4-18-48(19-5-1)56-26-14-15-30-62(56)69-72-67(71-68(73-69)53-41-42-60-59-29-16-17-31-64(59)70(65(60)45-53,54-22-6-2-7-23-54)55-24-8-3-9-25-55)51-38-34-47(35-39-51)46-32-36-50(37-33-46)66-58-28-13-11-21-52(58)44-63-57-27-12-10-20-49(57)40-43-61(63)66/h1-45H. The number of benzene rings is 12. The largest absolute Gasteiger partial charge is 0.208 e. The maximum absolute atomic E-state index is 5.38. The molecule has 0 fully saturated rings. The Morgan fingerprint density at radius 2 is 0.726 bits per heavy atom. The lowest BCUT2D eigenvalue weighted by molar-refractivity contribution is 0.768. The zero-order chi connectivity index (χ0) is 48.3. The van der Waals surface area contributed by atoms with E-state index in [4.69, 9.17) is 15.0 Å². The third kappa shape index (κ3) is 7.00. The summed E-state index contributed by atoms with van der Waals surface area (Å²) in [6, 6.07) is 98.4. The summed E-state index contributed by atoms with van der Waals surface area (Å²) in [7, 11) is 0. The summed E-state index contributed by atoms with van der Waals surface area (Å²) < 4.78 is 0. The highest BCUT2D eigenvalue weighted by Crippen LogP contribution is 2.56. The van der Waals surface area contributed by atoms with Gasteiger partial charge in [0.1, 0.15) is 0 Å². The van der Waals surface area contributed by atoms with E-state index in [0.29, 0.717) is 17.5 Å². The Hall–Kier alpha value is -9.57. The van der Waals surface area contributed by atoms with Crippen LogP contribution in [-0.4, -0.2) is 15.0 Å². The van der Waals surface area contributed by atoms with Crippen LogP contribution in [0.4, 0.5) is 0 Å².